The molecule has 0 unspecified atom stereocenters. The summed E-state index contributed by atoms with van der Waals surface area (Å²) in [6.07, 6.45) is 0. The van der Waals surface area contributed by atoms with Crippen molar-refractivity contribution in [2.75, 3.05) is 9.80 Å². The molecule has 0 radical (unpaired) electrons. The molecular weight excluding hydrogens is 629 g/mol. The van der Waals surface area contributed by atoms with Crippen LogP contribution in [0.15, 0.2) is 153 Å². The number of benzene rings is 6. The highest BCUT2D eigenvalue weighted by molar-refractivity contribution is 8.00. The molecule has 0 bridgehead atoms. The average Bonchev–Trinajstić information content (AvgIpc) is 3.15. The van der Waals surface area contributed by atoms with Crippen molar-refractivity contribution in [3.63, 3.8) is 0 Å². The van der Waals surface area contributed by atoms with Crippen molar-refractivity contribution in [1.82, 2.24) is 0 Å². The third-order valence-electron chi connectivity index (χ3n) is 7.87. The Kier molecular flexibility index (Phi) is 8.27. The van der Waals surface area contributed by atoms with Crippen molar-refractivity contribution >= 4 is 57.6 Å². The smallest absolute Gasteiger partial charge is 0.101 e. The van der Waals surface area contributed by atoms with Gasteiger partial charge in [-0.3, -0.25) is 0 Å². The molecule has 6 aromatic carbocycles. The van der Waals surface area contributed by atoms with Crippen LogP contribution < -0.4 is 9.80 Å². The van der Waals surface area contributed by atoms with E-state index in [1.807, 2.05) is 60.7 Å². The molecule has 224 valence electrons. The van der Waals surface area contributed by atoms with Gasteiger partial charge in [-0.05, 0) is 84.9 Å². The lowest BCUT2D eigenvalue weighted by molar-refractivity contribution is 1.16. The van der Waals surface area contributed by atoms with Gasteiger partial charge >= 0.3 is 0 Å². The van der Waals surface area contributed by atoms with E-state index < -0.39 is 0 Å². The Balaban J connectivity index is 0.000000152. The highest BCUT2D eigenvalue weighted by Gasteiger charge is 2.26. The van der Waals surface area contributed by atoms with E-state index in [1.165, 1.54) is 19.6 Å². The minimum atomic E-state index is 0.392. The Morgan fingerprint density at radius 2 is 0.646 bits per heavy atom. The van der Waals surface area contributed by atoms with E-state index in [0.717, 1.165) is 34.1 Å². The molecule has 2 heterocycles. The predicted molar refractivity (Wildman–Crippen MR) is 189 cm³/mol. The van der Waals surface area contributed by atoms with Crippen molar-refractivity contribution in [2.24, 2.45) is 0 Å². The number of rotatable bonds is 2. The maximum absolute atomic E-state index is 9.34. The number of nitriles is 4. The van der Waals surface area contributed by atoms with Gasteiger partial charge in [0, 0.05) is 31.0 Å². The molecule has 0 amide bonds. The van der Waals surface area contributed by atoms with Crippen LogP contribution in [-0.4, -0.2) is 0 Å². The Hall–Kier alpha value is -6.42. The number of fused-ring (bicyclic) bond motifs is 4. The summed E-state index contributed by atoms with van der Waals surface area (Å²) >= 11 is 3.48. The summed E-state index contributed by atoms with van der Waals surface area (Å²) in [6, 6.07) is 51.9. The van der Waals surface area contributed by atoms with Crippen LogP contribution in [0.3, 0.4) is 0 Å². The summed E-state index contributed by atoms with van der Waals surface area (Å²) in [7, 11) is 0. The van der Waals surface area contributed by atoms with Gasteiger partial charge in [0.15, 0.2) is 0 Å². The van der Waals surface area contributed by atoms with Crippen LogP contribution in [0.2, 0.25) is 0 Å². The second kappa shape index (κ2) is 13.1. The zero-order chi connectivity index (χ0) is 33.0. The lowest BCUT2D eigenvalue weighted by atomic mass is 10.1. The number of hydrogen-bond donors (Lipinski definition) is 0. The van der Waals surface area contributed by atoms with E-state index in [2.05, 4.69) is 82.6 Å². The first-order valence-electron chi connectivity index (χ1n) is 14.8. The standard InChI is InChI=1S/2C20H11N3S/c2*21-12-14-9-10-16(11-15(14)13-22)23-17-5-1-3-7-19(17)24-20-8-4-2-6-18(20)23/h2*1-11H. The van der Waals surface area contributed by atoms with Crippen molar-refractivity contribution in [3.05, 3.63) is 156 Å². The predicted octanol–water partition coefficient (Wildman–Crippen LogP) is 10.7. The first-order valence-corrected chi connectivity index (χ1v) is 16.5. The minimum absolute atomic E-state index is 0.392. The second-order valence-corrected chi connectivity index (χ2v) is 12.8. The summed E-state index contributed by atoms with van der Waals surface area (Å²) in [5.41, 5.74) is 7.65. The monoisotopic (exact) mass is 650 g/mol. The van der Waals surface area contributed by atoms with Crippen LogP contribution in [0.1, 0.15) is 22.3 Å². The van der Waals surface area contributed by atoms with E-state index in [1.54, 1.807) is 47.8 Å². The quantitative estimate of drug-likeness (QED) is 0.182. The van der Waals surface area contributed by atoms with Crippen molar-refractivity contribution < 1.29 is 0 Å². The zero-order valence-corrected chi connectivity index (χ0v) is 26.8. The molecule has 2 aliphatic heterocycles. The summed E-state index contributed by atoms with van der Waals surface area (Å²) in [4.78, 5) is 8.95. The lowest BCUT2D eigenvalue weighted by Crippen LogP contribution is -2.14. The third kappa shape index (κ3) is 5.49. The normalized spacial score (nSPS) is 11.8. The highest BCUT2D eigenvalue weighted by Crippen LogP contribution is 2.52. The molecule has 0 saturated heterocycles. The highest BCUT2D eigenvalue weighted by atomic mass is 32.2. The molecule has 0 N–H and O–H groups in total. The number of anilines is 6. The number of para-hydroxylation sites is 4. The Bertz CT molecular complexity index is 2130. The van der Waals surface area contributed by atoms with Gasteiger partial charge in [0.25, 0.3) is 0 Å². The summed E-state index contributed by atoms with van der Waals surface area (Å²) in [5.74, 6) is 0. The molecule has 0 spiro atoms. The van der Waals surface area contributed by atoms with Gasteiger partial charge < -0.3 is 9.80 Å². The molecular formula is C40H22N6S2. The van der Waals surface area contributed by atoms with Crippen molar-refractivity contribution in [1.29, 1.82) is 21.0 Å². The first kappa shape index (κ1) is 30.2. The van der Waals surface area contributed by atoms with E-state index in [-0.39, 0.29) is 0 Å². The van der Waals surface area contributed by atoms with Crippen LogP contribution in [0.5, 0.6) is 0 Å². The Morgan fingerprint density at radius 3 is 0.938 bits per heavy atom. The lowest BCUT2D eigenvalue weighted by Gasteiger charge is -2.32. The van der Waals surface area contributed by atoms with Crippen LogP contribution in [-0.2, 0) is 0 Å². The van der Waals surface area contributed by atoms with Gasteiger partial charge in [0.05, 0.1) is 45.0 Å². The van der Waals surface area contributed by atoms with E-state index in [4.69, 9.17) is 10.5 Å². The molecule has 6 aromatic rings. The summed E-state index contributed by atoms with van der Waals surface area (Å²) in [6.45, 7) is 0. The molecule has 0 saturated carbocycles. The maximum atomic E-state index is 9.34. The Labute approximate surface area is 287 Å². The molecule has 0 atom stereocenters. The maximum Gasteiger partial charge on any atom is 0.101 e. The molecule has 6 nitrogen and oxygen atoms in total. The summed E-state index contributed by atoms with van der Waals surface area (Å²) < 4.78 is 0. The Morgan fingerprint density at radius 1 is 0.354 bits per heavy atom. The topological polar surface area (TPSA) is 102 Å². The number of nitrogens with zero attached hydrogens (tertiary/aromatic N) is 6. The molecule has 8 heteroatoms. The van der Waals surface area contributed by atoms with Crippen LogP contribution in [0, 0.1) is 45.3 Å². The SMILES string of the molecule is N#Cc1ccc(N2c3ccccc3Sc3ccccc32)cc1C#N.N#Cc1ccc(N2c3ccccc3Sc3ccccc32)cc1C#N. The zero-order valence-electron chi connectivity index (χ0n) is 25.2. The molecule has 48 heavy (non-hydrogen) atoms. The molecule has 0 aliphatic carbocycles. The molecule has 0 fully saturated rings. The fourth-order valence-corrected chi connectivity index (χ4v) is 7.80. The van der Waals surface area contributed by atoms with Gasteiger partial charge in [0.2, 0.25) is 0 Å². The average molecular weight is 651 g/mol. The van der Waals surface area contributed by atoms with E-state index >= 15 is 0 Å². The van der Waals surface area contributed by atoms with Crippen LogP contribution in [0.4, 0.5) is 34.1 Å². The van der Waals surface area contributed by atoms with Crippen molar-refractivity contribution in [3.8, 4) is 24.3 Å². The van der Waals surface area contributed by atoms with Crippen molar-refractivity contribution in [2.45, 2.75) is 19.6 Å². The molecule has 8 rings (SSSR count). The third-order valence-corrected chi connectivity index (χ3v) is 10.1. The number of hydrogen-bond acceptors (Lipinski definition) is 8. The van der Waals surface area contributed by atoms with E-state index in [0.29, 0.717) is 22.3 Å². The minimum Gasteiger partial charge on any atom is -0.308 e. The fourth-order valence-electron chi connectivity index (χ4n) is 5.69. The van der Waals surface area contributed by atoms with Gasteiger partial charge in [-0.25, -0.2) is 0 Å². The largest absolute Gasteiger partial charge is 0.308 e. The summed E-state index contributed by atoms with van der Waals surface area (Å²) in [5, 5.41) is 37.0. The van der Waals surface area contributed by atoms with Crippen LogP contribution >= 0.6 is 23.5 Å². The molecule has 2 aliphatic rings. The van der Waals surface area contributed by atoms with Gasteiger partial charge in [0.1, 0.15) is 24.3 Å². The van der Waals surface area contributed by atoms with Gasteiger partial charge in [-0.2, -0.15) is 21.0 Å². The fraction of sp³-hybridized carbons (Fsp3) is 0. The van der Waals surface area contributed by atoms with E-state index in [9.17, 15) is 10.5 Å². The second-order valence-electron chi connectivity index (χ2n) is 10.7. The first-order chi connectivity index (χ1) is 23.6. The van der Waals surface area contributed by atoms with Gasteiger partial charge in [-0.1, -0.05) is 72.1 Å². The van der Waals surface area contributed by atoms with Crippen LogP contribution in [0.25, 0.3) is 0 Å². The van der Waals surface area contributed by atoms with Gasteiger partial charge in [-0.15, -0.1) is 0 Å². The molecule has 0 aromatic heterocycles.